The highest BCUT2D eigenvalue weighted by atomic mass is 19.4. The first kappa shape index (κ1) is 16.1. The lowest BCUT2D eigenvalue weighted by atomic mass is 10.1. The minimum absolute atomic E-state index is 0.256. The molecule has 0 saturated heterocycles. The van der Waals surface area contributed by atoms with E-state index in [0.717, 1.165) is 20.1 Å². The Morgan fingerprint density at radius 1 is 1.25 bits per heavy atom. The Kier molecular flexibility index (Phi) is 4.83. The third-order valence-electron chi connectivity index (χ3n) is 2.21. The molecule has 1 N–H and O–H groups in total. The van der Waals surface area contributed by atoms with E-state index in [4.69, 9.17) is 4.74 Å². The number of benzene rings is 1. The number of carbonyl (C=O) groups excluding carboxylic acids is 1. The first-order valence-corrected chi connectivity index (χ1v) is 5.44. The summed E-state index contributed by atoms with van der Waals surface area (Å²) < 4.78 is 49.6. The van der Waals surface area contributed by atoms with Gasteiger partial charge in [-0.15, -0.1) is 13.2 Å². The summed E-state index contributed by atoms with van der Waals surface area (Å²) in [5.41, 5.74) is -1.99. The second kappa shape index (κ2) is 6.00. The van der Waals surface area contributed by atoms with Gasteiger partial charge in [0.05, 0.1) is 7.11 Å². The molecule has 0 amide bonds. The van der Waals surface area contributed by atoms with Crippen molar-refractivity contribution in [3.05, 3.63) is 24.3 Å². The molecule has 0 bridgehead atoms. The molecule has 8 heteroatoms. The third kappa shape index (κ3) is 4.61. The summed E-state index contributed by atoms with van der Waals surface area (Å²) in [6.07, 6.45) is -4.87. The van der Waals surface area contributed by atoms with E-state index < -0.39 is 30.3 Å². The lowest BCUT2D eigenvalue weighted by Gasteiger charge is -2.21. The molecule has 0 aliphatic heterocycles. The molecular formula is C12H13F3O5. The molecule has 1 unspecified atom stereocenters. The predicted molar refractivity (Wildman–Crippen MR) is 61.3 cm³/mol. The summed E-state index contributed by atoms with van der Waals surface area (Å²) in [6.45, 7) is 0.532. The SMILES string of the molecule is COC(=O)C(C)(O)COc1ccccc1OC(F)(F)F. The van der Waals surface area contributed by atoms with Crippen LogP contribution in [0.25, 0.3) is 0 Å². The van der Waals surface area contributed by atoms with Gasteiger partial charge in [0.1, 0.15) is 6.61 Å². The topological polar surface area (TPSA) is 65.0 Å². The summed E-state index contributed by atoms with van der Waals surface area (Å²) in [4.78, 5) is 11.2. The Labute approximate surface area is 112 Å². The Morgan fingerprint density at radius 3 is 2.30 bits per heavy atom. The normalized spacial score (nSPS) is 14.3. The molecule has 1 aromatic rings. The molecule has 1 atom stereocenters. The van der Waals surface area contributed by atoms with Gasteiger partial charge in [-0.3, -0.25) is 0 Å². The molecule has 0 aromatic heterocycles. The van der Waals surface area contributed by atoms with Gasteiger partial charge in [-0.25, -0.2) is 4.79 Å². The van der Waals surface area contributed by atoms with Crippen LogP contribution in [0.1, 0.15) is 6.92 Å². The fourth-order valence-corrected chi connectivity index (χ4v) is 1.28. The van der Waals surface area contributed by atoms with Gasteiger partial charge >= 0.3 is 12.3 Å². The second-order valence-electron chi connectivity index (χ2n) is 4.05. The van der Waals surface area contributed by atoms with E-state index in [-0.39, 0.29) is 5.75 Å². The molecule has 1 aromatic carbocycles. The van der Waals surface area contributed by atoms with Gasteiger partial charge in [-0.05, 0) is 19.1 Å². The highest BCUT2D eigenvalue weighted by Gasteiger charge is 2.35. The summed E-state index contributed by atoms with van der Waals surface area (Å²) >= 11 is 0. The molecule has 20 heavy (non-hydrogen) atoms. The van der Waals surface area contributed by atoms with Crippen molar-refractivity contribution >= 4 is 5.97 Å². The van der Waals surface area contributed by atoms with Crippen LogP contribution in [0.5, 0.6) is 11.5 Å². The van der Waals surface area contributed by atoms with Crippen LogP contribution in [0.4, 0.5) is 13.2 Å². The zero-order valence-electron chi connectivity index (χ0n) is 10.7. The van der Waals surface area contributed by atoms with E-state index in [1.807, 2.05) is 0 Å². The minimum atomic E-state index is -4.87. The number of esters is 1. The molecule has 0 radical (unpaired) electrons. The number of methoxy groups -OCH3 is 1. The molecule has 0 fully saturated rings. The van der Waals surface area contributed by atoms with Crippen molar-refractivity contribution in [2.75, 3.05) is 13.7 Å². The number of rotatable bonds is 5. The van der Waals surface area contributed by atoms with Crippen molar-refractivity contribution in [1.29, 1.82) is 0 Å². The van der Waals surface area contributed by atoms with Gasteiger partial charge in [0.25, 0.3) is 0 Å². The smallest absolute Gasteiger partial charge is 0.486 e. The molecule has 0 aliphatic carbocycles. The van der Waals surface area contributed by atoms with Crippen LogP contribution < -0.4 is 9.47 Å². The Bertz CT molecular complexity index is 470. The van der Waals surface area contributed by atoms with E-state index >= 15 is 0 Å². The summed E-state index contributed by atoms with van der Waals surface area (Å²) in [7, 11) is 1.07. The molecular weight excluding hydrogens is 281 g/mol. The quantitative estimate of drug-likeness (QED) is 0.840. The van der Waals surface area contributed by atoms with Gasteiger partial charge < -0.3 is 19.3 Å². The first-order valence-electron chi connectivity index (χ1n) is 5.44. The second-order valence-corrected chi connectivity index (χ2v) is 4.05. The Hall–Kier alpha value is -1.96. The molecule has 1 rings (SSSR count). The van der Waals surface area contributed by atoms with E-state index in [1.165, 1.54) is 18.2 Å². The summed E-state index contributed by atoms with van der Waals surface area (Å²) in [6, 6.07) is 5.02. The highest BCUT2D eigenvalue weighted by Crippen LogP contribution is 2.32. The van der Waals surface area contributed by atoms with E-state index in [2.05, 4.69) is 9.47 Å². The lowest BCUT2D eigenvalue weighted by Crippen LogP contribution is -2.42. The lowest BCUT2D eigenvalue weighted by molar-refractivity contribution is -0.275. The van der Waals surface area contributed by atoms with Crippen molar-refractivity contribution in [1.82, 2.24) is 0 Å². The average molecular weight is 294 g/mol. The van der Waals surface area contributed by atoms with Crippen LogP contribution >= 0.6 is 0 Å². The third-order valence-corrected chi connectivity index (χ3v) is 2.21. The number of carbonyl (C=O) groups is 1. The van der Waals surface area contributed by atoms with E-state index in [1.54, 1.807) is 0 Å². The van der Waals surface area contributed by atoms with Crippen molar-refractivity contribution in [3.63, 3.8) is 0 Å². The first-order chi connectivity index (χ1) is 9.15. The number of hydrogen-bond acceptors (Lipinski definition) is 5. The molecule has 0 saturated carbocycles. The largest absolute Gasteiger partial charge is 0.573 e. The average Bonchev–Trinajstić information content (AvgIpc) is 2.35. The van der Waals surface area contributed by atoms with Crippen molar-refractivity contribution < 1.29 is 37.3 Å². The van der Waals surface area contributed by atoms with Crippen molar-refractivity contribution in [3.8, 4) is 11.5 Å². The minimum Gasteiger partial charge on any atom is -0.486 e. The van der Waals surface area contributed by atoms with Gasteiger partial charge in [0, 0.05) is 0 Å². The molecule has 0 aliphatic rings. The van der Waals surface area contributed by atoms with Gasteiger partial charge in [-0.2, -0.15) is 0 Å². The monoisotopic (exact) mass is 294 g/mol. The molecule has 0 heterocycles. The van der Waals surface area contributed by atoms with E-state index in [9.17, 15) is 23.1 Å². The number of hydrogen-bond donors (Lipinski definition) is 1. The Morgan fingerprint density at radius 2 is 1.80 bits per heavy atom. The van der Waals surface area contributed by atoms with Gasteiger partial charge in [-0.1, -0.05) is 12.1 Å². The maximum atomic E-state index is 12.2. The zero-order valence-corrected chi connectivity index (χ0v) is 10.7. The summed E-state index contributed by atoms with van der Waals surface area (Å²) in [5, 5.41) is 9.71. The molecule has 112 valence electrons. The standard InChI is InChI=1S/C12H13F3O5/c1-11(17,10(16)18-2)7-19-8-5-3-4-6-9(8)20-12(13,14)15/h3-6,17H,7H2,1-2H3. The molecule has 0 spiro atoms. The highest BCUT2D eigenvalue weighted by molar-refractivity contribution is 5.78. The van der Waals surface area contributed by atoms with Gasteiger partial charge in [0.15, 0.2) is 17.1 Å². The van der Waals surface area contributed by atoms with Crippen LogP contribution in [0, 0.1) is 0 Å². The van der Waals surface area contributed by atoms with Crippen LogP contribution in [-0.4, -0.2) is 36.8 Å². The van der Waals surface area contributed by atoms with Gasteiger partial charge in [0.2, 0.25) is 0 Å². The number of para-hydroxylation sites is 2. The van der Waals surface area contributed by atoms with E-state index in [0.29, 0.717) is 0 Å². The fraction of sp³-hybridized carbons (Fsp3) is 0.417. The number of ether oxygens (including phenoxy) is 3. The van der Waals surface area contributed by atoms with Crippen LogP contribution in [0.2, 0.25) is 0 Å². The molecule has 5 nitrogen and oxygen atoms in total. The fourth-order valence-electron chi connectivity index (χ4n) is 1.28. The predicted octanol–water partition coefficient (Wildman–Crippen LogP) is 1.89. The van der Waals surface area contributed by atoms with Crippen molar-refractivity contribution in [2.45, 2.75) is 18.9 Å². The number of alkyl halides is 3. The van der Waals surface area contributed by atoms with Crippen LogP contribution in [0.3, 0.4) is 0 Å². The number of halogens is 3. The number of aliphatic hydroxyl groups is 1. The van der Waals surface area contributed by atoms with Crippen LogP contribution in [-0.2, 0) is 9.53 Å². The summed E-state index contributed by atoms with van der Waals surface area (Å²) in [5.74, 6) is -1.79. The maximum absolute atomic E-state index is 12.2. The zero-order chi connectivity index (χ0) is 15.4. The maximum Gasteiger partial charge on any atom is 0.573 e. The van der Waals surface area contributed by atoms with Crippen molar-refractivity contribution in [2.24, 2.45) is 0 Å². The Balaban J connectivity index is 2.81. The van der Waals surface area contributed by atoms with Crippen LogP contribution in [0.15, 0.2) is 24.3 Å².